The van der Waals surface area contributed by atoms with E-state index < -0.39 is 11.7 Å². The molecule has 2 amide bonds. The molecule has 0 aliphatic carbocycles. The van der Waals surface area contributed by atoms with Crippen molar-refractivity contribution in [1.82, 2.24) is 0 Å². The molecule has 0 atom stereocenters. The lowest BCUT2D eigenvalue weighted by Gasteiger charge is -2.12. The monoisotopic (exact) mass is 382 g/mol. The number of hydrogen-bond donors (Lipinski definition) is 2. The van der Waals surface area contributed by atoms with Gasteiger partial charge < -0.3 is 10.6 Å². The summed E-state index contributed by atoms with van der Waals surface area (Å²) in [4.78, 5) is 24.7. The summed E-state index contributed by atoms with van der Waals surface area (Å²) in [6.45, 7) is 1.80. The standard InChI is InChI=1S/C21H16ClFN2O2/c1-13-7-9-16(24-20(26)14-5-3-2-4-6-14)12-19(13)25-21(27)17-11-15(22)8-10-18(17)23/h2-12H,1H3,(H,24,26)(H,25,27). The molecule has 4 nitrogen and oxygen atoms in total. The Labute approximate surface area is 161 Å². The Kier molecular flexibility index (Phi) is 5.52. The Balaban J connectivity index is 1.80. The molecule has 3 aromatic carbocycles. The maximum atomic E-state index is 13.9. The Hall–Kier alpha value is -3.18. The summed E-state index contributed by atoms with van der Waals surface area (Å²) in [5.74, 6) is -1.55. The Morgan fingerprint density at radius 2 is 1.63 bits per heavy atom. The molecule has 27 heavy (non-hydrogen) atoms. The van der Waals surface area contributed by atoms with Gasteiger partial charge in [0.25, 0.3) is 11.8 Å². The maximum Gasteiger partial charge on any atom is 0.258 e. The van der Waals surface area contributed by atoms with E-state index in [0.29, 0.717) is 16.9 Å². The molecule has 0 bridgehead atoms. The second-order valence-corrected chi connectivity index (χ2v) is 6.36. The number of nitrogens with one attached hydrogen (secondary N) is 2. The third-order valence-electron chi connectivity index (χ3n) is 3.95. The highest BCUT2D eigenvalue weighted by atomic mass is 35.5. The van der Waals surface area contributed by atoms with Gasteiger partial charge >= 0.3 is 0 Å². The van der Waals surface area contributed by atoms with E-state index >= 15 is 0 Å². The average molecular weight is 383 g/mol. The van der Waals surface area contributed by atoms with Gasteiger partial charge in [0.15, 0.2) is 0 Å². The van der Waals surface area contributed by atoms with Crippen molar-refractivity contribution < 1.29 is 14.0 Å². The molecule has 0 unspecified atom stereocenters. The topological polar surface area (TPSA) is 58.2 Å². The van der Waals surface area contributed by atoms with Crippen LogP contribution >= 0.6 is 11.6 Å². The Bertz CT molecular complexity index is 1010. The lowest BCUT2D eigenvalue weighted by atomic mass is 10.1. The molecule has 0 fully saturated rings. The third kappa shape index (κ3) is 4.51. The largest absolute Gasteiger partial charge is 0.322 e. The van der Waals surface area contributed by atoms with Crippen LogP contribution in [0.3, 0.4) is 0 Å². The average Bonchev–Trinajstić information content (AvgIpc) is 2.67. The molecular formula is C21H16ClFN2O2. The molecule has 2 N–H and O–H groups in total. The van der Waals surface area contributed by atoms with Gasteiger partial charge in [-0.3, -0.25) is 9.59 Å². The van der Waals surface area contributed by atoms with E-state index in [0.717, 1.165) is 11.6 Å². The predicted molar refractivity (Wildman–Crippen MR) is 105 cm³/mol. The van der Waals surface area contributed by atoms with Crippen molar-refractivity contribution in [2.45, 2.75) is 6.92 Å². The van der Waals surface area contributed by atoms with Gasteiger partial charge in [-0.25, -0.2) is 4.39 Å². The fraction of sp³-hybridized carbons (Fsp3) is 0.0476. The lowest BCUT2D eigenvalue weighted by molar-refractivity contribution is 0.101. The summed E-state index contributed by atoms with van der Waals surface area (Å²) in [5.41, 5.74) is 2.11. The van der Waals surface area contributed by atoms with Crippen LogP contribution in [0.4, 0.5) is 15.8 Å². The fourth-order valence-corrected chi connectivity index (χ4v) is 2.66. The van der Waals surface area contributed by atoms with Crippen molar-refractivity contribution in [2.24, 2.45) is 0 Å². The van der Waals surface area contributed by atoms with Gasteiger partial charge in [0.2, 0.25) is 0 Å². The number of carbonyl (C=O) groups is 2. The van der Waals surface area contributed by atoms with Gasteiger partial charge in [0.1, 0.15) is 5.82 Å². The number of aryl methyl sites for hydroxylation is 1. The molecule has 0 aliphatic rings. The number of anilines is 2. The lowest BCUT2D eigenvalue weighted by Crippen LogP contribution is -2.16. The van der Waals surface area contributed by atoms with Crippen LogP contribution in [-0.2, 0) is 0 Å². The van der Waals surface area contributed by atoms with Crippen LogP contribution in [-0.4, -0.2) is 11.8 Å². The Morgan fingerprint density at radius 1 is 0.889 bits per heavy atom. The maximum absolute atomic E-state index is 13.9. The SMILES string of the molecule is Cc1ccc(NC(=O)c2ccccc2)cc1NC(=O)c1cc(Cl)ccc1F. The molecule has 3 rings (SSSR count). The van der Waals surface area contributed by atoms with E-state index in [-0.39, 0.29) is 16.5 Å². The van der Waals surface area contributed by atoms with Crippen molar-refractivity contribution in [2.75, 3.05) is 10.6 Å². The van der Waals surface area contributed by atoms with Gasteiger partial charge in [0.05, 0.1) is 5.56 Å². The highest BCUT2D eigenvalue weighted by Gasteiger charge is 2.14. The summed E-state index contributed by atoms with van der Waals surface area (Å²) >= 11 is 5.84. The summed E-state index contributed by atoms with van der Waals surface area (Å²) in [5, 5.41) is 5.70. The molecular weight excluding hydrogens is 367 g/mol. The number of carbonyl (C=O) groups excluding carboxylic acids is 2. The highest BCUT2D eigenvalue weighted by Crippen LogP contribution is 2.23. The van der Waals surface area contributed by atoms with E-state index in [9.17, 15) is 14.0 Å². The van der Waals surface area contributed by atoms with Crippen molar-refractivity contribution in [3.63, 3.8) is 0 Å². The predicted octanol–water partition coefficient (Wildman–Crippen LogP) is 5.29. The summed E-state index contributed by atoms with van der Waals surface area (Å²) in [6, 6.07) is 17.7. The first-order valence-electron chi connectivity index (χ1n) is 8.17. The van der Waals surface area contributed by atoms with Gasteiger partial charge in [-0.2, -0.15) is 0 Å². The van der Waals surface area contributed by atoms with Crippen LogP contribution in [0.25, 0.3) is 0 Å². The smallest absolute Gasteiger partial charge is 0.258 e. The molecule has 6 heteroatoms. The van der Waals surface area contributed by atoms with E-state index in [1.807, 2.05) is 6.07 Å². The number of rotatable bonds is 4. The normalized spacial score (nSPS) is 10.3. The van der Waals surface area contributed by atoms with Crippen LogP contribution < -0.4 is 10.6 Å². The quantitative estimate of drug-likeness (QED) is 0.644. The first kappa shape index (κ1) is 18.6. The number of halogens is 2. The zero-order chi connectivity index (χ0) is 19.4. The first-order chi connectivity index (χ1) is 12.9. The molecule has 0 spiro atoms. The minimum absolute atomic E-state index is 0.152. The van der Waals surface area contributed by atoms with Crippen molar-refractivity contribution in [3.05, 3.63) is 94.3 Å². The van der Waals surface area contributed by atoms with Crippen LogP contribution in [0.1, 0.15) is 26.3 Å². The molecule has 0 saturated carbocycles. The number of hydrogen-bond acceptors (Lipinski definition) is 2. The van der Waals surface area contributed by atoms with Crippen LogP contribution in [0.15, 0.2) is 66.7 Å². The van der Waals surface area contributed by atoms with Gasteiger partial charge in [-0.05, 0) is 55.0 Å². The minimum Gasteiger partial charge on any atom is -0.322 e. The molecule has 0 saturated heterocycles. The van der Waals surface area contributed by atoms with Gasteiger partial charge in [-0.1, -0.05) is 35.9 Å². The zero-order valence-electron chi connectivity index (χ0n) is 14.4. The summed E-state index contributed by atoms with van der Waals surface area (Å²) in [6.07, 6.45) is 0. The second-order valence-electron chi connectivity index (χ2n) is 5.93. The van der Waals surface area contributed by atoms with Crippen molar-refractivity contribution in [3.8, 4) is 0 Å². The molecule has 136 valence electrons. The minimum atomic E-state index is -0.664. The van der Waals surface area contributed by atoms with E-state index in [1.165, 1.54) is 12.1 Å². The molecule has 3 aromatic rings. The van der Waals surface area contributed by atoms with E-state index in [4.69, 9.17) is 11.6 Å². The van der Waals surface area contributed by atoms with E-state index in [1.54, 1.807) is 49.4 Å². The Morgan fingerprint density at radius 3 is 2.37 bits per heavy atom. The highest BCUT2D eigenvalue weighted by molar-refractivity contribution is 6.31. The van der Waals surface area contributed by atoms with Crippen LogP contribution in [0, 0.1) is 12.7 Å². The van der Waals surface area contributed by atoms with Crippen molar-refractivity contribution in [1.29, 1.82) is 0 Å². The number of amides is 2. The fourth-order valence-electron chi connectivity index (χ4n) is 2.49. The molecule has 0 radical (unpaired) electrons. The summed E-state index contributed by atoms with van der Waals surface area (Å²) in [7, 11) is 0. The van der Waals surface area contributed by atoms with E-state index in [2.05, 4.69) is 10.6 Å². The van der Waals surface area contributed by atoms with Crippen molar-refractivity contribution >= 4 is 34.8 Å². The summed E-state index contributed by atoms with van der Waals surface area (Å²) < 4.78 is 13.9. The van der Waals surface area contributed by atoms with Crippen LogP contribution in [0.5, 0.6) is 0 Å². The zero-order valence-corrected chi connectivity index (χ0v) is 15.2. The number of benzene rings is 3. The third-order valence-corrected chi connectivity index (χ3v) is 4.19. The van der Waals surface area contributed by atoms with Gasteiger partial charge in [-0.15, -0.1) is 0 Å². The molecule has 0 aromatic heterocycles. The first-order valence-corrected chi connectivity index (χ1v) is 8.55. The molecule has 0 heterocycles. The second kappa shape index (κ2) is 8.01. The van der Waals surface area contributed by atoms with Gasteiger partial charge in [0, 0.05) is 22.0 Å². The van der Waals surface area contributed by atoms with Crippen LogP contribution in [0.2, 0.25) is 5.02 Å². The molecule has 0 aliphatic heterocycles.